The molecule has 1 aliphatic carbocycles. The van der Waals surface area contributed by atoms with Crippen molar-refractivity contribution in [1.29, 1.82) is 0 Å². The van der Waals surface area contributed by atoms with E-state index in [2.05, 4.69) is 5.32 Å². The highest BCUT2D eigenvalue weighted by molar-refractivity contribution is 7.92. The zero-order valence-electron chi connectivity index (χ0n) is 24.7. The van der Waals surface area contributed by atoms with Crippen LogP contribution in [0, 0.1) is 6.92 Å². The minimum Gasteiger partial charge on any atom is -0.497 e. The average Bonchev–Trinajstić information content (AvgIpc) is 3.01. The standard InChI is InChI=1S/C33H41N3O5S/c1-4-31(33(38)34-27-11-7-5-8-12-27)35(23-26-17-15-25(2)16-18-26)32(37)24-36(28-19-21-29(41-3)22-20-28)42(39,40)30-13-9-6-10-14-30/h6,9-10,13-22,27,31H,4-5,7-8,11-12,23-24H2,1-3H3,(H,34,38). The molecule has 0 aliphatic heterocycles. The lowest BCUT2D eigenvalue weighted by atomic mass is 9.95. The van der Waals surface area contributed by atoms with Crippen LogP contribution in [0.1, 0.15) is 56.6 Å². The first kappa shape index (κ1) is 31.1. The summed E-state index contributed by atoms with van der Waals surface area (Å²) in [5, 5.41) is 3.18. The second-order valence-corrected chi connectivity index (χ2v) is 12.7. The Balaban J connectivity index is 1.69. The number of nitrogens with one attached hydrogen (secondary N) is 1. The molecule has 0 aromatic heterocycles. The summed E-state index contributed by atoms with van der Waals surface area (Å²) >= 11 is 0. The number of anilines is 1. The largest absolute Gasteiger partial charge is 0.497 e. The van der Waals surface area contributed by atoms with Crippen molar-refractivity contribution in [3.8, 4) is 5.75 Å². The van der Waals surface area contributed by atoms with Crippen LogP contribution in [0.3, 0.4) is 0 Å². The van der Waals surface area contributed by atoms with Gasteiger partial charge >= 0.3 is 0 Å². The Kier molecular flexibility index (Phi) is 10.6. The van der Waals surface area contributed by atoms with Crippen LogP contribution in [-0.4, -0.2) is 50.9 Å². The molecule has 3 aromatic rings. The van der Waals surface area contributed by atoms with Gasteiger partial charge in [0.25, 0.3) is 10.0 Å². The lowest BCUT2D eigenvalue weighted by Crippen LogP contribution is -2.54. The van der Waals surface area contributed by atoms with Crippen molar-refractivity contribution >= 4 is 27.5 Å². The molecule has 0 radical (unpaired) electrons. The maximum atomic E-state index is 14.2. The topological polar surface area (TPSA) is 96.0 Å². The zero-order valence-corrected chi connectivity index (χ0v) is 25.5. The predicted octanol–water partition coefficient (Wildman–Crippen LogP) is 5.46. The molecule has 2 amide bonds. The van der Waals surface area contributed by atoms with Gasteiger partial charge in [-0.3, -0.25) is 13.9 Å². The van der Waals surface area contributed by atoms with E-state index in [9.17, 15) is 18.0 Å². The maximum Gasteiger partial charge on any atom is 0.264 e. The molecule has 42 heavy (non-hydrogen) atoms. The van der Waals surface area contributed by atoms with Gasteiger partial charge in [-0.1, -0.05) is 74.2 Å². The zero-order chi connectivity index (χ0) is 30.1. The molecule has 0 spiro atoms. The van der Waals surface area contributed by atoms with Crippen molar-refractivity contribution < 1.29 is 22.7 Å². The number of hydrogen-bond acceptors (Lipinski definition) is 5. The summed E-state index contributed by atoms with van der Waals surface area (Å²) in [5.74, 6) is -0.100. The van der Waals surface area contributed by atoms with Crippen LogP contribution in [-0.2, 0) is 26.2 Å². The number of benzene rings is 3. The van der Waals surface area contributed by atoms with Gasteiger partial charge in [-0.05, 0) is 68.1 Å². The Bertz CT molecular complexity index is 1420. The SMILES string of the molecule is CCC(C(=O)NC1CCCCC1)N(Cc1ccc(C)cc1)C(=O)CN(c1ccc(OC)cc1)S(=O)(=O)c1ccccc1. The molecule has 0 bridgehead atoms. The Morgan fingerprint density at radius 3 is 2.17 bits per heavy atom. The summed E-state index contributed by atoms with van der Waals surface area (Å²) in [6, 6.07) is 21.7. The predicted molar refractivity (Wildman–Crippen MR) is 165 cm³/mol. The number of methoxy groups -OCH3 is 1. The first-order valence-electron chi connectivity index (χ1n) is 14.6. The van der Waals surface area contributed by atoms with E-state index in [-0.39, 0.29) is 23.4 Å². The van der Waals surface area contributed by atoms with E-state index in [1.807, 2.05) is 38.1 Å². The number of aryl methyl sites for hydroxylation is 1. The molecule has 9 heteroatoms. The summed E-state index contributed by atoms with van der Waals surface area (Å²) in [7, 11) is -2.58. The van der Waals surface area contributed by atoms with Crippen molar-refractivity contribution in [2.75, 3.05) is 18.0 Å². The van der Waals surface area contributed by atoms with Gasteiger partial charge in [0, 0.05) is 12.6 Å². The Labute approximate surface area is 249 Å². The third-order valence-corrected chi connectivity index (χ3v) is 9.57. The smallest absolute Gasteiger partial charge is 0.264 e. The normalized spacial score (nSPS) is 14.5. The minimum absolute atomic E-state index is 0.0702. The molecule has 0 saturated heterocycles. The van der Waals surface area contributed by atoms with Crippen molar-refractivity contribution in [3.63, 3.8) is 0 Å². The fourth-order valence-corrected chi connectivity index (χ4v) is 6.79. The van der Waals surface area contributed by atoms with Crippen LogP contribution in [0.5, 0.6) is 5.75 Å². The molecule has 1 aliphatic rings. The van der Waals surface area contributed by atoms with E-state index in [1.165, 1.54) is 30.6 Å². The molecule has 1 fully saturated rings. The van der Waals surface area contributed by atoms with E-state index >= 15 is 0 Å². The van der Waals surface area contributed by atoms with Gasteiger partial charge < -0.3 is 15.0 Å². The van der Waals surface area contributed by atoms with Crippen LogP contribution in [0.2, 0.25) is 0 Å². The highest BCUT2D eigenvalue weighted by Crippen LogP contribution is 2.27. The molecule has 1 N–H and O–H groups in total. The Morgan fingerprint density at radius 2 is 1.57 bits per heavy atom. The second kappa shape index (κ2) is 14.4. The summed E-state index contributed by atoms with van der Waals surface area (Å²) < 4.78 is 34.2. The third-order valence-electron chi connectivity index (χ3n) is 7.78. The number of sulfonamides is 1. The van der Waals surface area contributed by atoms with Crippen LogP contribution in [0.4, 0.5) is 5.69 Å². The molecule has 8 nitrogen and oxygen atoms in total. The lowest BCUT2D eigenvalue weighted by Gasteiger charge is -2.34. The molecule has 1 saturated carbocycles. The highest BCUT2D eigenvalue weighted by Gasteiger charge is 2.34. The number of carbonyl (C=O) groups excluding carboxylic acids is 2. The van der Waals surface area contributed by atoms with E-state index in [1.54, 1.807) is 42.5 Å². The van der Waals surface area contributed by atoms with Gasteiger partial charge in [0.05, 0.1) is 17.7 Å². The Hall–Kier alpha value is -3.85. The monoisotopic (exact) mass is 591 g/mol. The molecule has 3 aromatic carbocycles. The van der Waals surface area contributed by atoms with Gasteiger partial charge in [0.15, 0.2) is 0 Å². The first-order chi connectivity index (χ1) is 20.2. The molecule has 1 atom stereocenters. The molecule has 224 valence electrons. The fraction of sp³-hybridized carbons (Fsp3) is 0.394. The van der Waals surface area contributed by atoms with Gasteiger partial charge in [-0.2, -0.15) is 0 Å². The molecular weight excluding hydrogens is 550 g/mol. The molecule has 1 unspecified atom stereocenters. The van der Waals surface area contributed by atoms with Gasteiger partial charge in [0.2, 0.25) is 11.8 Å². The molecular formula is C33H41N3O5S. The summed E-state index contributed by atoms with van der Waals surface area (Å²) in [6.07, 6.45) is 5.55. The van der Waals surface area contributed by atoms with Crippen LogP contribution in [0.15, 0.2) is 83.8 Å². The van der Waals surface area contributed by atoms with Crippen LogP contribution < -0.4 is 14.4 Å². The number of carbonyl (C=O) groups is 2. The summed E-state index contributed by atoms with van der Waals surface area (Å²) in [4.78, 5) is 29.4. The third kappa shape index (κ3) is 7.70. The maximum absolute atomic E-state index is 14.2. The fourth-order valence-electron chi connectivity index (χ4n) is 5.35. The summed E-state index contributed by atoms with van der Waals surface area (Å²) in [6.45, 7) is 3.57. The number of rotatable bonds is 12. The van der Waals surface area contributed by atoms with E-state index in [4.69, 9.17) is 4.74 Å². The quantitative estimate of drug-likeness (QED) is 0.302. The second-order valence-electron chi connectivity index (χ2n) is 10.8. The van der Waals surface area contributed by atoms with Gasteiger partial charge in [0.1, 0.15) is 18.3 Å². The van der Waals surface area contributed by atoms with Crippen molar-refractivity contribution in [2.24, 2.45) is 0 Å². The minimum atomic E-state index is -4.11. The number of hydrogen-bond donors (Lipinski definition) is 1. The Morgan fingerprint density at radius 1 is 0.929 bits per heavy atom. The van der Waals surface area contributed by atoms with E-state index in [0.29, 0.717) is 17.9 Å². The van der Waals surface area contributed by atoms with Crippen molar-refractivity contribution in [3.05, 3.63) is 90.0 Å². The number of nitrogens with zero attached hydrogens (tertiary/aromatic N) is 2. The van der Waals surface area contributed by atoms with Crippen LogP contribution in [0.25, 0.3) is 0 Å². The average molecular weight is 592 g/mol. The van der Waals surface area contributed by atoms with Crippen LogP contribution >= 0.6 is 0 Å². The van der Waals surface area contributed by atoms with E-state index < -0.39 is 28.5 Å². The van der Waals surface area contributed by atoms with E-state index in [0.717, 1.165) is 41.1 Å². The van der Waals surface area contributed by atoms with Crippen molar-refractivity contribution in [1.82, 2.24) is 10.2 Å². The van der Waals surface area contributed by atoms with Gasteiger partial charge in [-0.15, -0.1) is 0 Å². The number of ether oxygens (including phenoxy) is 1. The molecule has 0 heterocycles. The lowest BCUT2D eigenvalue weighted by molar-refractivity contribution is -0.140. The molecule has 4 rings (SSSR count). The number of amides is 2. The van der Waals surface area contributed by atoms with Crippen molar-refractivity contribution in [2.45, 2.75) is 75.9 Å². The van der Waals surface area contributed by atoms with Gasteiger partial charge in [-0.25, -0.2) is 8.42 Å². The highest BCUT2D eigenvalue weighted by atomic mass is 32.2. The first-order valence-corrected chi connectivity index (χ1v) is 16.0. The summed E-state index contributed by atoms with van der Waals surface area (Å²) in [5.41, 5.74) is 2.26.